The average molecular weight is 333 g/mol. The van der Waals surface area contributed by atoms with E-state index in [0.29, 0.717) is 4.90 Å². The van der Waals surface area contributed by atoms with Crippen LogP contribution in [-0.2, 0) is 16.4 Å². The molecule has 0 amide bonds. The third-order valence-electron chi connectivity index (χ3n) is 3.83. The number of hydrogen-bond acceptors (Lipinski definition) is 4. The van der Waals surface area contributed by atoms with Crippen molar-refractivity contribution >= 4 is 22.2 Å². The third kappa shape index (κ3) is 5.94. The van der Waals surface area contributed by atoms with Crippen LogP contribution in [0.15, 0.2) is 29.2 Å². The van der Waals surface area contributed by atoms with Crippen molar-refractivity contribution in [2.45, 2.75) is 24.3 Å². The van der Waals surface area contributed by atoms with Crippen molar-refractivity contribution in [3.05, 3.63) is 29.8 Å². The first-order chi connectivity index (χ1) is 9.45. The van der Waals surface area contributed by atoms with Crippen molar-refractivity contribution in [3.8, 4) is 0 Å². The SMILES string of the molecule is CN(Cc1ccc(S(C)(=O)=O)cc1)CC1CCNCC1.Cl. The largest absolute Gasteiger partial charge is 0.317 e. The third-order valence-corrected chi connectivity index (χ3v) is 4.96. The first-order valence-corrected chi connectivity index (χ1v) is 9.02. The Kier molecular flexibility index (Phi) is 7.13. The molecule has 0 unspecified atom stereocenters. The van der Waals surface area contributed by atoms with E-state index >= 15 is 0 Å². The molecule has 120 valence electrons. The van der Waals surface area contributed by atoms with Crippen molar-refractivity contribution in [2.24, 2.45) is 5.92 Å². The monoisotopic (exact) mass is 332 g/mol. The van der Waals surface area contributed by atoms with Crippen LogP contribution in [0.4, 0.5) is 0 Å². The predicted octanol–water partition coefficient (Wildman–Crippen LogP) is 1.94. The fraction of sp³-hybridized carbons (Fsp3) is 0.600. The van der Waals surface area contributed by atoms with Crippen LogP contribution in [0.3, 0.4) is 0 Å². The van der Waals surface area contributed by atoms with E-state index in [2.05, 4.69) is 17.3 Å². The summed E-state index contributed by atoms with van der Waals surface area (Å²) < 4.78 is 22.8. The van der Waals surface area contributed by atoms with Gasteiger partial charge in [0.2, 0.25) is 0 Å². The van der Waals surface area contributed by atoms with Crippen LogP contribution >= 0.6 is 12.4 Å². The van der Waals surface area contributed by atoms with E-state index < -0.39 is 9.84 Å². The minimum absolute atomic E-state index is 0. The number of hydrogen-bond donors (Lipinski definition) is 1. The highest BCUT2D eigenvalue weighted by atomic mass is 35.5. The Hall–Kier alpha value is -0.620. The molecule has 1 aromatic carbocycles. The van der Waals surface area contributed by atoms with Gasteiger partial charge in [0.15, 0.2) is 9.84 Å². The van der Waals surface area contributed by atoms with E-state index in [9.17, 15) is 8.42 Å². The maximum Gasteiger partial charge on any atom is 0.175 e. The minimum atomic E-state index is -3.09. The normalized spacial score (nSPS) is 16.7. The van der Waals surface area contributed by atoms with E-state index in [4.69, 9.17) is 0 Å². The highest BCUT2D eigenvalue weighted by molar-refractivity contribution is 7.90. The summed E-state index contributed by atoms with van der Waals surface area (Å²) in [5.41, 5.74) is 1.16. The van der Waals surface area contributed by atoms with E-state index in [1.54, 1.807) is 12.1 Å². The summed E-state index contributed by atoms with van der Waals surface area (Å²) in [6.07, 6.45) is 3.74. The van der Waals surface area contributed by atoms with E-state index in [-0.39, 0.29) is 12.4 Å². The maximum atomic E-state index is 11.4. The summed E-state index contributed by atoms with van der Waals surface area (Å²) in [7, 11) is -0.960. The van der Waals surface area contributed by atoms with Crippen LogP contribution in [0, 0.1) is 5.92 Å². The molecule has 0 spiro atoms. The van der Waals surface area contributed by atoms with Gasteiger partial charge in [-0.15, -0.1) is 12.4 Å². The molecule has 21 heavy (non-hydrogen) atoms. The lowest BCUT2D eigenvalue weighted by Crippen LogP contribution is -2.34. The van der Waals surface area contributed by atoms with E-state index in [1.165, 1.54) is 19.1 Å². The Morgan fingerprint density at radius 3 is 2.29 bits per heavy atom. The number of benzene rings is 1. The Labute approximate surface area is 134 Å². The van der Waals surface area contributed by atoms with Crippen LogP contribution in [0.1, 0.15) is 18.4 Å². The molecule has 0 aromatic heterocycles. The van der Waals surface area contributed by atoms with Crippen LogP contribution in [-0.4, -0.2) is 46.3 Å². The molecule has 1 aliphatic rings. The number of nitrogens with zero attached hydrogens (tertiary/aromatic N) is 1. The van der Waals surface area contributed by atoms with E-state index in [1.807, 2.05) is 12.1 Å². The zero-order valence-corrected chi connectivity index (χ0v) is 14.3. The lowest BCUT2D eigenvalue weighted by Gasteiger charge is -2.27. The standard InChI is InChI=1S/C15H24N2O2S.ClH/c1-17(12-14-7-9-16-10-8-14)11-13-3-5-15(6-4-13)20(2,18)19;/h3-6,14,16H,7-12H2,1-2H3;1H. The lowest BCUT2D eigenvalue weighted by atomic mass is 9.97. The fourth-order valence-electron chi connectivity index (χ4n) is 2.72. The molecule has 2 rings (SSSR count). The predicted molar refractivity (Wildman–Crippen MR) is 88.7 cm³/mol. The van der Waals surface area contributed by atoms with Gasteiger partial charge in [0.1, 0.15) is 0 Å². The van der Waals surface area contributed by atoms with Gasteiger partial charge in [-0.3, -0.25) is 0 Å². The van der Waals surface area contributed by atoms with Crippen LogP contribution in [0.2, 0.25) is 0 Å². The number of rotatable bonds is 5. The second-order valence-electron chi connectivity index (χ2n) is 5.81. The highest BCUT2D eigenvalue weighted by Crippen LogP contribution is 2.15. The van der Waals surface area contributed by atoms with Gasteiger partial charge in [0.25, 0.3) is 0 Å². The molecule has 0 aliphatic carbocycles. The van der Waals surface area contributed by atoms with Gasteiger partial charge < -0.3 is 10.2 Å². The Morgan fingerprint density at radius 2 is 1.76 bits per heavy atom. The summed E-state index contributed by atoms with van der Waals surface area (Å²) in [6.45, 7) is 4.23. The smallest absolute Gasteiger partial charge is 0.175 e. The van der Waals surface area contributed by atoms with Crippen molar-refractivity contribution in [1.82, 2.24) is 10.2 Å². The van der Waals surface area contributed by atoms with Gasteiger partial charge in [-0.2, -0.15) is 0 Å². The van der Waals surface area contributed by atoms with Crippen molar-refractivity contribution in [3.63, 3.8) is 0 Å². The van der Waals surface area contributed by atoms with Gasteiger partial charge in [0, 0.05) is 19.3 Å². The van der Waals surface area contributed by atoms with Gasteiger partial charge in [-0.25, -0.2) is 8.42 Å². The number of sulfone groups is 1. The quantitative estimate of drug-likeness (QED) is 0.895. The first kappa shape index (κ1) is 18.4. The maximum absolute atomic E-state index is 11.4. The molecule has 0 radical (unpaired) electrons. The molecular formula is C15H25ClN2O2S. The summed E-state index contributed by atoms with van der Waals surface area (Å²) in [5, 5.41) is 3.38. The molecule has 4 nitrogen and oxygen atoms in total. The molecule has 1 aromatic rings. The summed E-state index contributed by atoms with van der Waals surface area (Å²) >= 11 is 0. The molecule has 1 aliphatic heterocycles. The molecule has 1 fully saturated rings. The topological polar surface area (TPSA) is 49.4 Å². The fourth-order valence-corrected chi connectivity index (χ4v) is 3.35. The molecule has 1 heterocycles. The number of halogens is 1. The molecule has 1 N–H and O–H groups in total. The Bertz CT molecular complexity index is 525. The molecule has 0 atom stereocenters. The Balaban J connectivity index is 0.00000220. The molecular weight excluding hydrogens is 308 g/mol. The minimum Gasteiger partial charge on any atom is -0.317 e. The zero-order valence-electron chi connectivity index (χ0n) is 12.7. The molecule has 6 heteroatoms. The molecule has 0 saturated carbocycles. The summed E-state index contributed by atoms with van der Waals surface area (Å²) in [5.74, 6) is 0.775. The lowest BCUT2D eigenvalue weighted by molar-refractivity contribution is 0.234. The van der Waals surface area contributed by atoms with Gasteiger partial charge in [-0.05, 0) is 56.6 Å². The van der Waals surface area contributed by atoms with Crippen LogP contribution in [0.25, 0.3) is 0 Å². The van der Waals surface area contributed by atoms with E-state index in [0.717, 1.165) is 37.7 Å². The molecule has 0 bridgehead atoms. The second kappa shape index (κ2) is 8.13. The summed E-state index contributed by atoms with van der Waals surface area (Å²) in [4.78, 5) is 2.72. The zero-order chi connectivity index (χ0) is 14.6. The highest BCUT2D eigenvalue weighted by Gasteiger charge is 2.15. The van der Waals surface area contributed by atoms with Gasteiger partial charge in [-0.1, -0.05) is 12.1 Å². The summed E-state index contributed by atoms with van der Waals surface area (Å²) in [6, 6.07) is 7.22. The van der Waals surface area contributed by atoms with Gasteiger partial charge >= 0.3 is 0 Å². The Morgan fingerprint density at radius 1 is 1.19 bits per heavy atom. The van der Waals surface area contributed by atoms with Gasteiger partial charge in [0.05, 0.1) is 4.90 Å². The average Bonchev–Trinajstić information content (AvgIpc) is 2.39. The number of nitrogens with one attached hydrogen (secondary N) is 1. The van der Waals surface area contributed by atoms with Crippen molar-refractivity contribution < 1.29 is 8.42 Å². The number of piperidine rings is 1. The van der Waals surface area contributed by atoms with Crippen LogP contribution < -0.4 is 5.32 Å². The van der Waals surface area contributed by atoms with Crippen LogP contribution in [0.5, 0.6) is 0 Å². The first-order valence-electron chi connectivity index (χ1n) is 7.13. The van der Waals surface area contributed by atoms with Crippen molar-refractivity contribution in [1.29, 1.82) is 0 Å². The molecule has 1 saturated heterocycles. The second-order valence-corrected chi connectivity index (χ2v) is 7.82. The van der Waals surface area contributed by atoms with Crippen molar-refractivity contribution in [2.75, 3.05) is 32.9 Å².